The van der Waals surface area contributed by atoms with Crippen LogP contribution in [0.4, 0.5) is 0 Å². The molecule has 0 saturated heterocycles. The minimum absolute atomic E-state index is 0.0190. The normalized spacial score (nSPS) is 11.3. The number of hydrogen-bond donors (Lipinski definition) is 2. The highest BCUT2D eigenvalue weighted by Crippen LogP contribution is 2.05. The van der Waals surface area contributed by atoms with Gasteiger partial charge in [0.15, 0.2) is 0 Å². The molecule has 0 radical (unpaired) electrons. The second-order valence-electron chi connectivity index (χ2n) is 4.03. The van der Waals surface area contributed by atoms with E-state index in [9.17, 15) is 9.59 Å². The van der Waals surface area contributed by atoms with Crippen molar-refractivity contribution in [2.45, 2.75) is 25.8 Å². The Hall–Kier alpha value is -2.28. The molecule has 1 aromatic rings. The number of carboxylic acid groups (broad SMARTS) is 1. The lowest BCUT2D eigenvalue weighted by molar-refractivity contribution is -0.141. The van der Waals surface area contributed by atoms with Gasteiger partial charge in [-0.1, -0.05) is 29.8 Å². The lowest BCUT2D eigenvalue weighted by Gasteiger charge is -2.11. The van der Waals surface area contributed by atoms with Crippen LogP contribution in [0.25, 0.3) is 0 Å². The third-order valence-electron chi connectivity index (χ3n) is 2.40. The molecule has 4 heteroatoms. The first-order valence-electron chi connectivity index (χ1n) is 5.54. The fourth-order valence-electron chi connectivity index (χ4n) is 1.57. The number of carboxylic acids is 1. The predicted octanol–water partition coefficient (Wildman–Crippen LogP) is 1.13. The van der Waals surface area contributed by atoms with Gasteiger partial charge in [0.05, 0.1) is 6.42 Å². The van der Waals surface area contributed by atoms with E-state index in [1.807, 2.05) is 31.2 Å². The number of carbonyl (C=O) groups excluding carboxylic acids is 1. The molecule has 0 fully saturated rings. The lowest BCUT2D eigenvalue weighted by atomic mass is 10.1. The molecule has 0 aliphatic rings. The second-order valence-corrected chi connectivity index (χ2v) is 4.03. The van der Waals surface area contributed by atoms with Gasteiger partial charge in [-0.05, 0) is 12.5 Å². The van der Waals surface area contributed by atoms with Crippen LogP contribution in [0.2, 0.25) is 0 Å². The lowest BCUT2D eigenvalue weighted by Crippen LogP contribution is -2.41. The van der Waals surface area contributed by atoms with E-state index in [1.54, 1.807) is 0 Å². The highest BCUT2D eigenvalue weighted by Gasteiger charge is 2.18. The monoisotopic (exact) mass is 245 g/mol. The largest absolute Gasteiger partial charge is 0.480 e. The van der Waals surface area contributed by atoms with Crippen molar-refractivity contribution in [3.05, 3.63) is 35.4 Å². The van der Waals surface area contributed by atoms with E-state index < -0.39 is 12.0 Å². The SMILES string of the molecule is C#CCC(NC(=O)Cc1cccc(C)c1)C(=O)O. The summed E-state index contributed by atoms with van der Waals surface area (Å²) >= 11 is 0. The Labute approximate surface area is 106 Å². The van der Waals surface area contributed by atoms with Crippen LogP contribution < -0.4 is 5.32 Å². The van der Waals surface area contributed by atoms with Crippen LogP contribution in [0.3, 0.4) is 0 Å². The van der Waals surface area contributed by atoms with Crippen molar-refractivity contribution in [3.8, 4) is 12.3 Å². The van der Waals surface area contributed by atoms with Crippen LogP contribution >= 0.6 is 0 Å². The number of carbonyl (C=O) groups is 2. The molecule has 0 aliphatic heterocycles. The summed E-state index contributed by atoms with van der Waals surface area (Å²) < 4.78 is 0. The van der Waals surface area contributed by atoms with E-state index in [2.05, 4.69) is 11.2 Å². The first-order valence-corrected chi connectivity index (χ1v) is 5.54. The first-order chi connectivity index (χ1) is 8.52. The number of rotatable bonds is 5. The number of benzene rings is 1. The molecule has 0 aliphatic carbocycles. The van der Waals surface area contributed by atoms with Crippen LogP contribution in [0.15, 0.2) is 24.3 Å². The van der Waals surface area contributed by atoms with E-state index in [0.717, 1.165) is 11.1 Å². The van der Waals surface area contributed by atoms with E-state index in [4.69, 9.17) is 11.5 Å². The van der Waals surface area contributed by atoms with Gasteiger partial charge in [-0.2, -0.15) is 0 Å². The van der Waals surface area contributed by atoms with Crippen molar-refractivity contribution < 1.29 is 14.7 Å². The maximum Gasteiger partial charge on any atom is 0.327 e. The highest BCUT2D eigenvalue weighted by atomic mass is 16.4. The minimum atomic E-state index is -1.12. The maximum atomic E-state index is 11.7. The molecule has 0 heterocycles. The van der Waals surface area contributed by atoms with Crippen LogP contribution in [-0.4, -0.2) is 23.0 Å². The maximum absolute atomic E-state index is 11.7. The van der Waals surface area contributed by atoms with Gasteiger partial charge in [-0.25, -0.2) is 4.79 Å². The molecule has 0 bridgehead atoms. The van der Waals surface area contributed by atoms with Gasteiger partial charge in [0.25, 0.3) is 0 Å². The van der Waals surface area contributed by atoms with Gasteiger partial charge in [0.2, 0.25) is 5.91 Å². The summed E-state index contributed by atoms with van der Waals surface area (Å²) in [6.07, 6.45) is 5.18. The van der Waals surface area contributed by atoms with E-state index >= 15 is 0 Å². The van der Waals surface area contributed by atoms with E-state index in [-0.39, 0.29) is 18.7 Å². The Bertz CT molecular complexity index is 488. The summed E-state index contributed by atoms with van der Waals surface area (Å²) in [5.74, 6) is 0.768. The van der Waals surface area contributed by atoms with Crippen molar-refractivity contribution in [2.75, 3.05) is 0 Å². The molecule has 0 saturated carbocycles. The standard InChI is InChI=1S/C14H15NO3/c1-3-5-12(14(17)18)15-13(16)9-11-7-4-6-10(2)8-11/h1,4,6-8,12H,5,9H2,2H3,(H,15,16)(H,17,18). The number of amides is 1. The highest BCUT2D eigenvalue weighted by molar-refractivity contribution is 5.85. The third kappa shape index (κ3) is 4.30. The quantitative estimate of drug-likeness (QED) is 0.764. The van der Waals surface area contributed by atoms with Gasteiger partial charge in [0, 0.05) is 6.42 Å². The molecule has 2 N–H and O–H groups in total. The van der Waals surface area contributed by atoms with Gasteiger partial charge < -0.3 is 10.4 Å². The predicted molar refractivity (Wildman–Crippen MR) is 67.9 cm³/mol. The van der Waals surface area contributed by atoms with E-state index in [0.29, 0.717) is 0 Å². The fourth-order valence-corrected chi connectivity index (χ4v) is 1.57. The van der Waals surface area contributed by atoms with Crippen molar-refractivity contribution >= 4 is 11.9 Å². The topological polar surface area (TPSA) is 66.4 Å². The molecule has 4 nitrogen and oxygen atoms in total. The molecule has 18 heavy (non-hydrogen) atoms. The van der Waals surface area contributed by atoms with Crippen LogP contribution in [0.1, 0.15) is 17.5 Å². The molecule has 0 spiro atoms. The summed E-state index contributed by atoms with van der Waals surface area (Å²) in [7, 11) is 0. The molecule has 1 rings (SSSR count). The van der Waals surface area contributed by atoms with Gasteiger partial charge >= 0.3 is 5.97 Å². The van der Waals surface area contributed by atoms with Crippen molar-refractivity contribution in [3.63, 3.8) is 0 Å². The second kappa shape index (κ2) is 6.45. The minimum Gasteiger partial charge on any atom is -0.480 e. The van der Waals surface area contributed by atoms with Crippen molar-refractivity contribution in [1.82, 2.24) is 5.32 Å². The van der Waals surface area contributed by atoms with Crippen LogP contribution in [-0.2, 0) is 16.0 Å². The summed E-state index contributed by atoms with van der Waals surface area (Å²) in [5.41, 5.74) is 1.90. The number of hydrogen-bond acceptors (Lipinski definition) is 2. The summed E-state index contributed by atoms with van der Waals surface area (Å²) in [6, 6.07) is 6.47. The van der Waals surface area contributed by atoms with Crippen molar-refractivity contribution in [1.29, 1.82) is 0 Å². The summed E-state index contributed by atoms with van der Waals surface area (Å²) in [6.45, 7) is 1.93. The fraction of sp³-hybridized carbons (Fsp3) is 0.286. The molecule has 1 unspecified atom stereocenters. The van der Waals surface area contributed by atoms with Crippen molar-refractivity contribution in [2.24, 2.45) is 0 Å². The molecule has 0 aromatic heterocycles. The average Bonchev–Trinajstić information content (AvgIpc) is 2.28. The number of aryl methyl sites for hydroxylation is 1. The molecule has 1 aromatic carbocycles. The van der Waals surface area contributed by atoms with E-state index in [1.165, 1.54) is 0 Å². The smallest absolute Gasteiger partial charge is 0.327 e. The molecular weight excluding hydrogens is 230 g/mol. The zero-order valence-electron chi connectivity index (χ0n) is 10.1. The summed E-state index contributed by atoms with van der Waals surface area (Å²) in [5, 5.41) is 11.3. The van der Waals surface area contributed by atoms with Crippen LogP contribution in [0, 0.1) is 19.3 Å². The first kappa shape index (κ1) is 13.8. The van der Waals surface area contributed by atoms with Gasteiger partial charge in [-0.15, -0.1) is 12.3 Å². The Balaban J connectivity index is 2.61. The zero-order chi connectivity index (χ0) is 13.5. The number of nitrogens with one attached hydrogen (secondary N) is 1. The third-order valence-corrected chi connectivity index (χ3v) is 2.40. The van der Waals surface area contributed by atoms with Crippen LogP contribution in [0.5, 0.6) is 0 Å². The number of aliphatic carboxylic acids is 1. The molecule has 94 valence electrons. The van der Waals surface area contributed by atoms with Gasteiger partial charge in [0.1, 0.15) is 6.04 Å². The Kier molecular flexibility index (Phi) is 4.94. The molecule has 1 atom stereocenters. The Morgan fingerprint density at radius 2 is 2.22 bits per heavy atom. The molecular formula is C14H15NO3. The Morgan fingerprint density at radius 1 is 1.50 bits per heavy atom. The Morgan fingerprint density at radius 3 is 2.78 bits per heavy atom. The van der Waals surface area contributed by atoms with Gasteiger partial charge in [-0.3, -0.25) is 4.79 Å². The summed E-state index contributed by atoms with van der Waals surface area (Å²) in [4.78, 5) is 22.5. The number of terminal acetylenes is 1. The zero-order valence-corrected chi connectivity index (χ0v) is 10.1. The molecule has 1 amide bonds. The average molecular weight is 245 g/mol.